The number of rotatable bonds is 3. The first-order valence-corrected chi connectivity index (χ1v) is 5.08. The normalized spacial score (nSPS) is 10.0. The molecule has 88 valence electrons. The van der Waals surface area contributed by atoms with Crippen LogP contribution in [0.15, 0.2) is 40.8 Å². The lowest BCUT2D eigenvalue weighted by molar-refractivity contribution is 0.0594. The van der Waals surface area contributed by atoms with E-state index in [1.54, 1.807) is 6.07 Å². The predicted octanol–water partition coefficient (Wildman–Crippen LogP) is 2.74. The third kappa shape index (κ3) is 2.15. The van der Waals surface area contributed by atoms with Crippen LogP contribution in [0.2, 0.25) is 0 Å². The van der Waals surface area contributed by atoms with Gasteiger partial charge in [0.15, 0.2) is 0 Å². The Hall–Kier alpha value is -2.23. The van der Waals surface area contributed by atoms with Crippen molar-refractivity contribution in [2.45, 2.75) is 0 Å². The third-order valence-corrected chi connectivity index (χ3v) is 2.35. The van der Waals surface area contributed by atoms with E-state index in [2.05, 4.69) is 4.74 Å². The highest BCUT2D eigenvalue weighted by molar-refractivity contribution is 5.93. The van der Waals surface area contributed by atoms with E-state index in [-0.39, 0.29) is 11.5 Å². The van der Waals surface area contributed by atoms with Crippen LogP contribution in [0, 0.1) is 0 Å². The van der Waals surface area contributed by atoms with Gasteiger partial charge < -0.3 is 13.9 Å². The van der Waals surface area contributed by atoms with Gasteiger partial charge in [0, 0.05) is 11.6 Å². The van der Waals surface area contributed by atoms with Crippen molar-refractivity contribution in [1.29, 1.82) is 0 Å². The van der Waals surface area contributed by atoms with Crippen molar-refractivity contribution in [3.63, 3.8) is 0 Å². The summed E-state index contributed by atoms with van der Waals surface area (Å²) < 4.78 is 15.1. The molecule has 4 nitrogen and oxygen atoms in total. The summed E-state index contributed by atoms with van der Waals surface area (Å²) in [7, 11) is 2.76. The van der Waals surface area contributed by atoms with Crippen LogP contribution >= 0.6 is 0 Å². The maximum Gasteiger partial charge on any atom is 0.345 e. The lowest BCUT2D eigenvalue weighted by Gasteiger charge is -1.97. The molecule has 0 spiro atoms. The topological polar surface area (TPSA) is 48.7 Å². The maximum absolute atomic E-state index is 11.5. The minimum atomic E-state index is -0.479. The molecule has 0 unspecified atom stereocenters. The first-order chi connectivity index (χ1) is 8.26. The zero-order chi connectivity index (χ0) is 12.3. The summed E-state index contributed by atoms with van der Waals surface area (Å²) >= 11 is 0. The molecule has 2 aromatic rings. The van der Waals surface area contributed by atoms with E-state index in [4.69, 9.17) is 9.15 Å². The highest BCUT2D eigenvalue weighted by Crippen LogP contribution is 2.30. The van der Waals surface area contributed by atoms with Crippen molar-refractivity contribution in [1.82, 2.24) is 0 Å². The van der Waals surface area contributed by atoms with Gasteiger partial charge in [0.25, 0.3) is 5.95 Å². The van der Waals surface area contributed by atoms with Gasteiger partial charge in [-0.3, -0.25) is 0 Å². The average Bonchev–Trinajstić information content (AvgIpc) is 2.83. The van der Waals surface area contributed by atoms with Crippen LogP contribution in [0.5, 0.6) is 5.95 Å². The van der Waals surface area contributed by atoms with Gasteiger partial charge in [-0.25, -0.2) is 4.79 Å². The molecule has 0 fully saturated rings. The highest BCUT2D eigenvalue weighted by atomic mass is 16.6. The first-order valence-electron chi connectivity index (χ1n) is 5.08. The Bertz CT molecular complexity index is 513. The Morgan fingerprint density at radius 3 is 2.47 bits per heavy atom. The molecule has 1 heterocycles. The van der Waals surface area contributed by atoms with Crippen LogP contribution in [0.25, 0.3) is 11.3 Å². The largest absolute Gasteiger partial charge is 0.468 e. The van der Waals surface area contributed by atoms with E-state index in [0.29, 0.717) is 5.76 Å². The fourth-order valence-corrected chi connectivity index (χ4v) is 1.52. The molecule has 0 radical (unpaired) electrons. The monoisotopic (exact) mass is 232 g/mol. The summed E-state index contributed by atoms with van der Waals surface area (Å²) in [5.41, 5.74) is 1.16. The van der Waals surface area contributed by atoms with Crippen LogP contribution in [-0.4, -0.2) is 20.2 Å². The van der Waals surface area contributed by atoms with Crippen molar-refractivity contribution in [3.05, 3.63) is 42.0 Å². The van der Waals surface area contributed by atoms with Gasteiger partial charge in [-0.1, -0.05) is 30.3 Å². The first kappa shape index (κ1) is 11.3. The number of benzene rings is 1. The zero-order valence-corrected chi connectivity index (χ0v) is 9.60. The number of hydrogen-bond acceptors (Lipinski definition) is 4. The summed E-state index contributed by atoms with van der Waals surface area (Å²) in [4.78, 5) is 11.5. The van der Waals surface area contributed by atoms with Gasteiger partial charge in [0.1, 0.15) is 11.3 Å². The molecule has 0 saturated carbocycles. The molecule has 17 heavy (non-hydrogen) atoms. The number of ether oxygens (including phenoxy) is 2. The fraction of sp³-hybridized carbons (Fsp3) is 0.154. The Labute approximate surface area is 98.8 Å². The summed E-state index contributed by atoms with van der Waals surface area (Å²) in [6, 6.07) is 11.1. The number of esters is 1. The number of methoxy groups -OCH3 is 2. The Kier molecular flexibility index (Phi) is 3.14. The molecule has 0 bridgehead atoms. The average molecular weight is 232 g/mol. The summed E-state index contributed by atoms with van der Waals surface area (Å²) in [5.74, 6) is 0.256. The van der Waals surface area contributed by atoms with Gasteiger partial charge in [-0.05, 0) is 0 Å². The van der Waals surface area contributed by atoms with E-state index in [1.165, 1.54) is 14.2 Å². The van der Waals surface area contributed by atoms with Crippen LogP contribution in [0.3, 0.4) is 0 Å². The second-order valence-corrected chi connectivity index (χ2v) is 3.37. The number of hydrogen-bond donors (Lipinski definition) is 0. The lowest BCUT2D eigenvalue weighted by Crippen LogP contribution is -2.01. The van der Waals surface area contributed by atoms with Crippen molar-refractivity contribution in [3.8, 4) is 17.3 Å². The van der Waals surface area contributed by atoms with Crippen LogP contribution in [0.4, 0.5) is 0 Å². The Morgan fingerprint density at radius 2 is 1.88 bits per heavy atom. The molecule has 4 heteroatoms. The summed E-state index contributed by atoms with van der Waals surface area (Å²) in [6.45, 7) is 0. The van der Waals surface area contributed by atoms with E-state index < -0.39 is 5.97 Å². The van der Waals surface area contributed by atoms with E-state index in [0.717, 1.165) is 5.56 Å². The SMILES string of the molecule is COC(=O)c1cc(-c2ccccc2)oc1OC. The summed E-state index contributed by atoms with van der Waals surface area (Å²) in [6.07, 6.45) is 0. The zero-order valence-electron chi connectivity index (χ0n) is 9.60. The number of carbonyl (C=O) groups is 1. The van der Waals surface area contributed by atoms with E-state index >= 15 is 0 Å². The second kappa shape index (κ2) is 4.74. The number of carbonyl (C=O) groups excluding carboxylic acids is 1. The van der Waals surface area contributed by atoms with Crippen molar-refractivity contribution in [2.24, 2.45) is 0 Å². The molecule has 0 N–H and O–H groups in total. The quantitative estimate of drug-likeness (QED) is 0.763. The minimum absolute atomic E-state index is 0.163. The van der Waals surface area contributed by atoms with Gasteiger partial charge in [0.2, 0.25) is 0 Å². The molecule has 0 aliphatic heterocycles. The maximum atomic E-state index is 11.5. The lowest BCUT2D eigenvalue weighted by atomic mass is 10.1. The molecule has 0 atom stereocenters. The van der Waals surface area contributed by atoms with Crippen LogP contribution in [-0.2, 0) is 4.74 Å². The molecule has 0 amide bonds. The molecular formula is C13H12O4. The number of furan rings is 1. The van der Waals surface area contributed by atoms with Crippen molar-refractivity contribution >= 4 is 5.97 Å². The molecule has 2 rings (SSSR count). The van der Waals surface area contributed by atoms with Crippen molar-refractivity contribution in [2.75, 3.05) is 14.2 Å². The van der Waals surface area contributed by atoms with Crippen LogP contribution in [0.1, 0.15) is 10.4 Å². The smallest absolute Gasteiger partial charge is 0.345 e. The van der Waals surface area contributed by atoms with E-state index in [1.807, 2.05) is 30.3 Å². The highest BCUT2D eigenvalue weighted by Gasteiger charge is 2.19. The van der Waals surface area contributed by atoms with Crippen molar-refractivity contribution < 1.29 is 18.7 Å². The molecule has 1 aromatic heterocycles. The predicted molar refractivity (Wildman–Crippen MR) is 62.0 cm³/mol. The standard InChI is InChI=1S/C13H12O4/c1-15-12(14)10-8-11(17-13(10)16-2)9-6-4-3-5-7-9/h3-8H,1-2H3. The molecule has 0 aliphatic carbocycles. The fourth-order valence-electron chi connectivity index (χ4n) is 1.52. The molecular weight excluding hydrogens is 220 g/mol. The minimum Gasteiger partial charge on any atom is -0.468 e. The molecule has 0 saturated heterocycles. The third-order valence-electron chi connectivity index (χ3n) is 2.35. The van der Waals surface area contributed by atoms with Gasteiger partial charge in [-0.2, -0.15) is 0 Å². The molecule has 1 aromatic carbocycles. The van der Waals surface area contributed by atoms with Gasteiger partial charge >= 0.3 is 5.97 Å². The summed E-state index contributed by atoms with van der Waals surface area (Å²) in [5, 5.41) is 0. The Morgan fingerprint density at radius 1 is 1.18 bits per heavy atom. The molecule has 0 aliphatic rings. The van der Waals surface area contributed by atoms with Gasteiger partial charge in [0.05, 0.1) is 14.2 Å². The van der Waals surface area contributed by atoms with Gasteiger partial charge in [-0.15, -0.1) is 0 Å². The van der Waals surface area contributed by atoms with Crippen LogP contribution < -0.4 is 4.74 Å². The van der Waals surface area contributed by atoms with E-state index in [9.17, 15) is 4.79 Å². The Balaban J connectivity index is 2.45. The second-order valence-electron chi connectivity index (χ2n) is 3.37.